The quantitative estimate of drug-likeness (QED) is 0.746. The summed E-state index contributed by atoms with van der Waals surface area (Å²) in [5.41, 5.74) is 3.42. The van der Waals surface area contributed by atoms with Gasteiger partial charge in [0.05, 0.1) is 17.9 Å². The van der Waals surface area contributed by atoms with Crippen molar-refractivity contribution in [1.82, 2.24) is 4.31 Å². The summed E-state index contributed by atoms with van der Waals surface area (Å²) >= 11 is 0. The molecule has 0 bridgehead atoms. The maximum atomic E-state index is 13.1. The van der Waals surface area contributed by atoms with Crippen molar-refractivity contribution >= 4 is 16.0 Å². The first kappa shape index (κ1) is 19.6. The molecule has 0 saturated carbocycles. The molecule has 0 aliphatic carbocycles. The number of nitrogens with zero attached hydrogens (tertiary/aromatic N) is 1. The van der Waals surface area contributed by atoms with Crippen LogP contribution in [0.25, 0.3) is 0 Å². The van der Waals surface area contributed by atoms with E-state index >= 15 is 0 Å². The molecule has 0 amide bonds. The zero-order valence-electron chi connectivity index (χ0n) is 15.1. The van der Waals surface area contributed by atoms with Gasteiger partial charge in [-0.1, -0.05) is 19.9 Å². The fraction of sp³-hybridized carbons (Fsp3) is 0.588. The van der Waals surface area contributed by atoms with Crippen LogP contribution in [0.4, 0.5) is 0 Å². The molecule has 0 radical (unpaired) electrons. The van der Waals surface area contributed by atoms with Gasteiger partial charge in [0.15, 0.2) is 0 Å². The molecule has 1 rings (SSSR count). The Morgan fingerprint density at radius 1 is 1.17 bits per heavy atom. The minimum absolute atomic E-state index is 0.109. The van der Waals surface area contributed by atoms with Crippen molar-refractivity contribution in [3.8, 4) is 0 Å². The maximum absolute atomic E-state index is 13.1. The molecule has 0 fully saturated rings. The summed E-state index contributed by atoms with van der Waals surface area (Å²) in [4.78, 5) is 12.0. The standard InChI is InChI=1S/C17H27NO4S/c1-8-18(10-13(4)17(19)22-7)23(20,21)16-14(5)11(2)9-12(3)15(16)6/h9,13H,8,10H2,1-7H3. The molecule has 0 spiro atoms. The number of hydrogen-bond acceptors (Lipinski definition) is 4. The number of hydrogen-bond donors (Lipinski definition) is 0. The summed E-state index contributed by atoms with van der Waals surface area (Å²) in [6, 6.07) is 2.00. The lowest BCUT2D eigenvalue weighted by Crippen LogP contribution is -2.37. The van der Waals surface area contributed by atoms with Crippen molar-refractivity contribution in [2.24, 2.45) is 5.92 Å². The van der Waals surface area contributed by atoms with Gasteiger partial charge in [-0.25, -0.2) is 8.42 Å². The summed E-state index contributed by atoms with van der Waals surface area (Å²) in [5.74, 6) is -0.922. The molecule has 1 unspecified atom stereocenters. The lowest BCUT2D eigenvalue weighted by Gasteiger charge is -2.26. The molecule has 0 heterocycles. The van der Waals surface area contributed by atoms with Crippen molar-refractivity contribution in [3.05, 3.63) is 28.3 Å². The first-order valence-electron chi connectivity index (χ1n) is 7.73. The normalized spacial score (nSPS) is 13.2. The van der Waals surface area contributed by atoms with Crippen LogP contribution < -0.4 is 0 Å². The average molecular weight is 341 g/mol. The van der Waals surface area contributed by atoms with E-state index in [1.165, 1.54) is 11.4 Å². The van der Waals surface area contributed by atoms with Crippen LogP contribution in [0.15, 0.2) is 11.0 Å². The fourth-order valence-electron chi connectivity index (χ4n) is 2.68. The monoisotopic (exact) mass is 341 g/mol. The largest absolute Gasteiger partial charge is 0.469 e. The van der Waals surface area contributed by atoms with E-state index in [4.69, 9.17) is 4.74 Å². The third-order valence-electron chi connectivity index (χ3n) is 4.33. The van der Waals surface area contributed by atoms with Crippen LogP contribution in [0.1, 0.15) is 36.1 Å². The van der Waals surface area contributed by atoms with Gasteiger partial charge in [0, 0.05) is 13.1 Å². The number of sulfonamides is 1. The van der Waals surface area contributed by atoms with Crippen LogP contribution >= 0.6 is 0 Å². The predicted octanol–water partition coefficient (Wildman–Crippen LogP) is 2.74. The Balaban J connectivity index is 3.37. The van der Waals surface area contributed by atoms with E-state index in [1.807, 2.05) is 33.8 Å². The smallest absolute Gasteiger partial charge is 0.309 e. The van der Waals surface area contributed by atoms with Crippen LogP contribution in [-0.4, -0.2) is 38.9 Å². The molecule has 23 heavy (non-hydrogen) atoms. The third kappa shape index (κ3) is 3.93. The molecule has 0 aliphatic heterocycles. The Morgan fingerprint density at radius 2 is 1.65 bits per heavy atom. The second-order valence-electron chi connectivity index (χ2n) is 5.97. The molecule has 0 saturated heterocycles. The van der Waals surface area contributed by atoms with Crippen LogP contribution in [0, 0.1) is 33.6 Å². The highest BCUT2D eigenvalue weighted by Crippen LogP contribution is 2.29. The van der Waals surface area contributed by atoms with Gasteiger partial charge in [0.25, 0.3) is 0 Å². The van der Waals surface area contributed by atoms with Crippen molar-refractivity contribution < 1.29 is 17.9 Å². The second kappa shape index (κ2) is 7.45. The minimum atomic E-state index is -3.67. The van der Waals surface area contributed by atoms with Crippen molar-refractivity contribution in [3.63, 3.8) is 0 Å². The molecule has 1 aromatic rings. The fourth-order valence-corrected chi connectivity index (χ4v) is 4.79. The van der Waals surface area contributed by atoms with Crippen molar-refractivity contribution in [2.75, 3.05) is 20.2 Å². The molecule has 0 aromatic heterocycles. The first-order valence-corrected chi connectivity index (χ1v) is 9.17. The molecular formula is C17H27NO4S. The Bertz CT molecular complexity index is 669. The van der Waals surface area contributed by atoms with E-state index in [0.717, 1.165) is 22.3 Å². The lowest BCUT2D eigenvalue weighted by atomic mass is 10.0. The number of carbonyl (C=O) groups is 1. The second-order valence-corrected chi connectivity index (χ2v) is 7.84. The van der Waals surface area contributed by atoms with Gasteiger partial charge in [0.1, 0.15) is 0 Å². The molecular weight excluding hydrogens is 314 g/mol. The van der Waals surface area contributed by atoms with Gasteiger partial charge < -0.3 is 4.74 Å². The number of benzene rings is 1. The van der Waals surface area contributed by atoms with Crippen LogP contribution in [0.5, 0.6) is 0 Å². The highest BCUT2D eigenvalue weighted by Gasteiger charge is 2.30. The summed E-state index contributed by atoms with van der Waals surface area (Å²) in [6.45, 7) is 11.3. The highest BCUT2D eigenvalue weighted by atomic mass is 32.2. The van der Waals surface area contributed by atoms with E-state index in [-0.39, 0.29) is 6.54 Å². The average Bonchev–Trinajstić information content (AvgIpc) is 2.49. The SMILES string of the molecule is CCN(CC(C)C(=O)OC)S(=O)(=O)c1c(C)c(C)cc(C)c1C. The summed E-state index contributed by atoms with van der Waals surface area (Å²) in [7, 11) is -2.36. The number of ether oxygens (including phenoxy) is 1. The minimum Gasteiger partial charge on any atom is -0.469 e. The van der Waals surface area contributed by atoms with E-state index in [9.17, 15) is 13.2 Å². The zero-order chi connectivity index (χ0) is 17.9. The van der Waals surface area contributed by atoms with Crippen LogP contribution in [0.3, 0.4) is 0 Å². The highest BCUT2D eigenvalue weighted by molar-refractivity contribution is 7.89. The molecule has 1 aromatic carbocycles. The zero-order valence-corrected chi connectivity index (χ0v) is 15.9. The van der Waals surface area contributed by atoms with E-state index in [0.29, 0.717) is 11.4 Å². The van der Waals surface area contributed by atoms with Gasteiger partial charge in [-0.05, 0) is 49.9 Å². The topological polar surface area (TPSA) is 63.7 Å². The molecule has 0 N–H and O–H groups in total. The number of rotatable bonds is 6. The Morgan fingerprint density at radius 3 is 2.04 bits per heavy atom. The van der Waals surface area contributed by atoms with Crippen molar-refractivity contribution in [2.45, 2.75) is 46.4 Å². The summed E-state index contributed by atoms with van der Waals surface area (Å²) in [5, 5.41) is 0. The maximum Gasteiger partial charge on any atom is 0.309 e. The van der Waals surface area contributed by atoms with Gasteiger partial charge in [-0.15, -0.1) is 0 Å². The van der Waals surface area contributed by atoms with Gasteiger partial charge >= 0.3 is 5.97 Å². The van der Waals surface area contributed by atoms with Gasteiger partial charge in [-0.3, -0.25) is 4.79 Å². The predicted molar refractivity (Wildman–Crippen MR) is 91.0 cm³/mol. The Hall–Kier alpha value is -1.40. The number of carbonyl (C=O) groups excluding carboxylic acids is 1. The Kier molecular flexibility index (Phi) is 6.36. The van der Waals surface area contributed by atoms with Gasteiger partial charge in [0.2, 0.25) is 10.0 Å². The van der Waals surface area contributed by atoms with Crippen molar-refractivity contribution in [1.29, 1.82) is 0 Å². The third-order valence-corrected chi connectivity index (χ3v) is 6.54. The number of aryl methyl sites for hydroxylation is 2. The number of esters is 1. The Labute approximate surface area is 139 Å². The number of methoxy groups -OCH3 is 1. The first-order chi connectivity index (χ1) is 10.6. The van der Waals surface area contributed by atoms with Crippen LogP contribution in [-0.2, 0) is 19.6 Å². The van der Waals surface area contributed by atoms with E-state index in [2.05, 4.69) is 0 Å². The molecule has 5 nitrogen and oxygen atoms in total. The molecule has 1 atom stereocenters. The molecule has 130 valence electrons. The van der Waals surface area contributed by atoms with E-state index in [1.54, 1.807) is 13.8 Å². The summed E-state index contributed by atoms with van der Waals surface area (Å²) in [6.07, 6.45) is 0. The summed E-state index contributed by atoms with van der Waals surface area (Å²) < 4.78 is 32.3. The lowest BCUT2D eigenvalue weighted by molar-refractivity contribution is -0.145. The van der Waals surface area contributed by atoms with Gasteiger partial charge in [-0.2, -0.15) is 4.31 Å². The van der Waals surface area contributed by atoms with Crippen LogP contribution in [0.2, 0.25) is 0 Å². The van der Waals surface area contributed by atoms with E-state index < -0.39 is 21.9 Å². The molecule has 0 aliphatic rings. The molecule has 6 heteroatoms.